The van der Waals surface area contributed by atoms with Crippen LogP contribution in [0, 0.1) is 0 Å². The van der Waals surface area contributed by atoms with Crippen LogP contribution in [-0.4, -0.2) is 29.7 Å². The van der Waals surface area contributed by atoms with Gasteiger partial charge in [-0.25, -0.2) is 4.79 Å². The van der Waals surface area contributed by atoms with Gasteiger partial charge in [0.05, 0.1) is 6.26 Å². The number of benzene rings is 1. The van der Waals surface area contributed by atoms with Crippen molar-refractivity contribution in [3.8, 4) is 0 Å². The highest BCUT2D eigenvalue weighted by Gasteiger charge is 2.14. The maximum atomic E-state index is 12.0. The van der Waals surface area contributed by atoms with E-state index in [4.69, 9.17) is 9.52 Å². The lowest BCUT2D eigenvalue weighted by Crippen LogP contribution is -2.43. The zero-order valence-corrected chi connectivity index (χ0v) is 13.4. The molecule has 3 N–H and O–H groups in total. The van der Waals surface area contributed by atoms with Crippen LogP contribution < -0.4 is 10.6 Å². The Morgan fingerprint density at radius 3 is 2.58 bits per heavy atom. The minimum Gasteiger partial charge on any atom is -0.481 e. The number of carbonyl (C=O) groups is 2. The Bertz CT molecular complexity index is 626. The first kappa shape index (κ1) is 17.6. The maximum absolute atomic E-state index is 12.0. The summed E-state index contributed by atoms with van der Waals surface area (Å²) < 4.78 is 5.20. The maximum Gasteiger partial charge on any atom is 0.315 e. The fraction of sp³-hybridized carbons (Fsp3) is 0.333. The van der Waals surface area contributed by atoms with Gasteiger partial charge in [-0.05, 0) is 30.5 Å². The van der Waals surface area contributed by atoms with Crippen molar-refractivity contribution >= 4 is 12.0 Å². The lowest BCUT2D eigenvalue weighted by Gasteiger charge is -2.18. The summed E-state index contributed by atoms with van der Waals surface area (Å²) in [4.78, 5) is 22.8. The van der Waals surface area contributed by atoms with Crippen LogP contribution in [0.2, 0.25) is 0 Å². The van der Waals surface area contributed by atoms with Crippen molar-refractivity contribution in [2.45, 2.75) is 31.7 Å². The van der Waals surface area contributed by atoms with Crippen molar-refractivity contribution in [1.82, 2.24) is 10.6 Å². The van der Waals surface area contributed by atoms with Crippen LogP contribution in [0.4, 0.5) is 4.79 Å². The topological polar surface area (TPSA) is 91.6 Å². The van der Waals surface area contributed by atoms with Crippen molar-refractivity contribution < 1.29 is 19.1 Å². The molecule has 24 heavy (non-hydrogen) atoms. The van der Waals surface area contributed by atoms with Crippen LogP contribution in [0.25, 0.3) is 0 Å². The number of hydrogen-bond donors (Lipinski definition) is 3. The molecule has 2 aromatic rings. The van der Waals surface area contributed by atoms with Crippen molar-refractivity contribution in [3.05, 3.63) is 60.1 Å². The Morgan fingerprint density at radius 1 is 1.12 bits per heavy atom. The minimum absolute atomic E-state index is 0.0180. The van der Waals surface area contributed by atoms with E-state index in [-0.39, 0.29) is 18.5 Å². The van der Waals surface area contributed by atoms with Gasteiger partial charge in [0.25, 0.3) is 0 Å². The monoisotopic (exact) mass is 330 g/mol. The molecule has 2 amide bonds. The summed E-state index contributed by atoms with van der Waals surface area (Å²) in [6.07, 6.45) is 3.20. The number of furan rings is 1. The smallest absolute Gasteiger partial charge is 0.315 e. The first-order chi connectivity index (χ1) is 11.6. The summed E-state index contributed by atoms with van der Waals surface area (Å²) in [7, 11) is 0. The molecule has 6 nitrogen and oxygen atoms in total. The van der Waals surface area contributed by atoms with Crippen LogP contribution in [-0.2, 0) is 17.6 Å². The molecule has 0 spiro atoms. The second-order valence-electron chi connectivity index (χ2n) is 5.55. The van der Waals surface area contributed by atoms with Crippen molar-refractivity contribution in [1.29, 1.82) is 0 Å². The molecule has 0 aliphatic heterocycles. The molecule has 1 heterocycles. The quantitative estimate of drug-likeness (QED) is 0.659. The number of aliphatic carboxylic acids is 1. The third-order valence-electron chi connectivity index (χ3n) is 3.60. The van der Waals surface area contributed by atoms with Gasteiger partial charge >= 0.3 is 12.0 Å². The molecule has 0 saturated carbocycles. The number of nitrogens with one attached hydrogen (secondary N) is 2. The molecule has 1 unspecified atom stereocenters. The summed E-state index contributed by atoms with van der Waals surface area (Å²) in [5, 5.41) is 14.5. The number of urea groups is 1. The van der Waals surface area contributed by atoms with E-state index in [2.05, 4.69) is 10.6 Å². The minimum atomic E-state index is -0.868. The van der Waals surface area contributed by atoms with E-state index in [0.29, 0.717) is 25.8 Å². The molecule has 0 bridgehead atoms. The van der Waals surface area contributed by atoms with Gasteiger partial charge in [0.1, 0.15) is 5.76 Å². The molecule has 1 aromatic carbocycles. The summed E-state index contributed by atoms with van der Waals surface area (Å²) in [5.41, 5.74) is 1.06. The second-order valence-corrected chi connectivity index (χ2v) is 5.55. The summed E-state index contributed by atoms with van der Waals surface area (Å²) in [5.74, 6) is -0.0601. The van der Waals surface area contributed by atoms with E-state index in [1.165, 1.54) is 0 Å². The third kappa shape index (κ3) is 6.56. The van der Waals surface area contributed by atoms with E-state index in [9.17, 15) is 9.59 Å². The number of amides is 2. The molecule has 0 radical (unpaired) electrons. The van der Waals surface area contributed by atoms with Gasteiger partial charge in [-0.1, -0.05) is 30.3 Å². The van der Waals surface area contributed by atoms with Crippen molar-refractivity contribution in [3.63, 3.8) is 0 Å². The summed E-state index contributed by atoms with van der Waals surface area (Å²) in [6.45, 7) is 0.455. The molecular weight excluding hydrogens is 308 g/mol. The van der Waals surface area contributed by atoms with Crippen molar-refractivity contribution in [2.75, 3.05) is 6.54 Å². The summed E-state index contributed by atoms with van der Waals surface area (Å²) in [6, 6.07) is 12.8. The molecule has 6 heteroatoms. The van der Waals surface area contributed by atoms with Gasteiger partial charge in [-0.3, -0.25) is 4.79 Å². The van der Waals surface area contributed by atoms with E-state index in [1.807, 2.05) is 36.4 Å². The largest absolute Gasteiger partial charge is 0.481 e. The Labute approximate surface area is 140 Å². The molecular formula is C18H22N2O4. The number of carboxylic acids is 1. The summed E-state index contributed by atoms with van der Waals surface area (Å²) >= 11 is 0. The lowest BCUT2D eigenvalue weighted by atomic mass is 10.0. The van der Waals surface area contributed by atoms with Crippen LogP contribution >= 0.6 is 0 Å². The number of hydrogen-bond acceptors (Lipinski definition) is 3. The number of carbonyl (C=O) groups excluding carboxylic acids is 1. The van der Waals surface area contributed by atoms with Crippen LogP contribution in [0.15, 0.2) is 53.1 Å². The molecule has 1 aromatic heterocycles. The predicted molar refractivity (Wildman–Crippen MR) is 89.8 cm³/mol. The fourth-order valence-electron chi connectivity index (χ4n) is 2.41. The van der Waals surface area contributed by atoms with E-state index < -0.39 is 5.97 Å². The van der Waals surface area contributed by atoms with Crippen LogP contribution in [0.1, 0.15) is 24.2 Å². The van der Waals surface area contributed by atoms with E-state index in [0.717, 1.165) is 11.3 Å². The van der Waals surface area contributed by atoms with Crippen molar-refractivity contribution in [2.24, 2.45) is 0 Å². The second kappa shape index (κ2) is 9.39. The first-order valence-corrected chi connectivity index (χ1v) is 7.96. The predicted octanol–water partition coefficient (Wildman–Crippen LogP) is 2.60. The molecule has 0 fully saturated rings. The SMILES string of the molecule is O=C(O)CCC(Cc1ccccc1)NC(=O)NCCc1ccco1. The molecule has 128 valence electrons. The Kier molecular flexibility index (Phi) is 6.89. The fourth-order valence-corrected chi connectivity index (χ4v) is 2.41. The van der Waals surface area contributed by atoms with Gasteiger partial charge in [-0.2, -0.15) is 0 Å². The zero-order chi connectivity index (χ0) is 17.2. The van der Waals surface area contributed by atoms with E-state index >= 15 is 0 Å². The van der Waals surface area contributed by atoms with Gasteiger partial charge < -0.3 is 20.2 Å². The van der Waals surface area contributed by atoms with E-state index in [1.54, 1.807) is 12.3 Å². The zero-order valence-electron chi connectivity index (χ0n) is 13.4. The normalized spacial score (nSPS) is 11.7. The van der Waals surface area contributed by atoms with Crippen LogP contribution in [0.5, 0.6) is 0 Å². The van der Waals surface area contributed by atoms with Gasteiger partial charge in [0, 0.05) is 25.4 Å². The molecule has 0 saturated heterocycles. The average Bonchev–Trinajstić information content (AvgIpc) is 3.07. The van der Waals surface area contributed by atoms with Crippen LogP contribution in [0.3, 0.4) is 0 Å². The number of carboxylic acid groups (broad SMARTS) is 1. The standard InChI is InChI=1S/C18H22N2O4/c21-17(22)9-8-15(13-14-5-2-1-3-6-14)20-18(23)19-11-10-16-7-4-12-24-16/h1-7,12,15H,8-11,13H2,(H,21,22)(H2,19,20,23). The number of rotatable bonds is 9. The highest BCUT2D eigenvalue weighted by atomic mass is 16.4. The Balaban J connectivity index is 1.81. The lowest BCUT2D eigenvalue weighted by molar-refractivity contribution is -0.137. The third-order valence-corrected chi connectivity index (χ3v) is 3.60. The first-order valence-electron chi connectivity index (χ1n) is 7.96. The van der Waals surface area contributed by atoms with Gasteiger partial charge in [0.15, 0.2) is 0 Å². The molecule has 2 rings (SSSR count). The Morgan fingerprint density at radius 2 is 1.92 bits per heavy atom. The van der Waals surface area contributed by atoms with Gasteiger partial charge in [0.2, 0.25) is 0 Å². The molecule has 0 aliphatic carbocycles. The highest BCUT2D eigenvalue weighted by molar-refractivity contribution is 5.74. The molecule has 0 aliphatic rings. The Hall–Kier alpha value is -2.76. The van der Waals surface area contributed by atoms with Gasteiger partial charge in [-0.15, -0.1) is 0 Å². The average molecular weight is 330 g/mol. The highest BCUT2D eigenvalue weighted by Crippen LogP contribution is 2.08. The molecule has 1 atom stereocenters.